The smallest absolute Gasteiger partial charge is 0.316 e. The first-order valence-corrected chi connectivity index (χ1v) is 6.73. The first kappa shape index (κ1) is 14.9. The second-order valence-corrected chi connectivity index (χ2v) is 5.05. The fourth-order valence-corrected chi connectivity index (χ4v) is 2.35. The molecule has 1 aromatic rings. The molecule has 1 rings (SSSR count). The lowest BCUT2D eigenvalue weighted by molar-refractivity contribution is -0.137. The molecule has 0 fully saturated rings. The Morgan fingerprint density at radius 3 is 2.67 bits per heavy atom. The van der Waals surface area contributed by atoms with Gasteiger partial charge in [-0.3, -0.25) is 14.9 Å². The maximum Gasteiger partial charge on any atom is 0.316 e. The zero-order valence-corrected chi connectivity index (χ0v) is 12.5. The van der Waals surface area contributed by atoms with Gasteiger partial charge in [0.05, 0.1) is 23.0 Å². The Labute approximate surface area is 117 Å². The molecule has 0 spiro atoms. The second kappa shape index (κ2) is 6.69. The van der Waals surface area contributed by atoms with Crippen LogP contribution in [0.5, 0.6) is 0 Å². The zero-order chi connectivity index (χ0) is 13.7. The van der Waals surface area contributed by atoms with E-state index in [4.69, 9.17) is 0 Å². The van der Waals surface area contributed by atoms with Crippen LogP contribution in [0.1, 0.15) is 12.6 Å². The van der Waals surface area contributed by atoms with E-state index in [1.54, 1.807) is 6.92 Å². The highest BCUT2D eigenvalue weighted by Gasteiger charge is 2.12. The number of nitrogens with zero attached hydrogens (tertiary/aromatic N) is 2. The zero-order valence-electron chi connectivity index (χ0n) is 10.1. The van der Waals surface area contributed by atoms with Crippen LogP contribution in [0, 0.1) is 6.92 Å². The van der Waals surface area contributed by atoms with Gasteiger partial charge in [0.25, 0.3) is 0 Å². The summed E-state index contributed by atoms with van der Waals surface area (Å²) in [4.78, 5) is 30.3. The summed E-state index contributed by atoms with van der Waals surface area (Å²) in [5.74, 6) is -0.231. The van der Waals surface area contributed by atoms with Crippen LogP contribution in [0.4, 0.5) is 5.95 Å². The summed E-state index contributed by atoms with van der Waals surface area (Å²) in [5.41, 5.74) is 0.682. The number of hydrogen-bond acceptors (Lipinski definition) is 6. The fourth-order valence-electron chi connectivity index (χ4n) is 1.03. The number of carbonyl (C=O) groups is 2. The van der Waals surface area contributed by atoms with E-state index in [9.17, 15) is 9.59 Å². The van der Waals surface area contributed by atoms with Crippen molar-refractivity contribution in [3.63, 3.8) is 0 Å². The number of methoxy groups -OCH3 is 1. The molecule has 0 atom stereocenters. The molecule has 0 aliphatic rings. The maximum absolute atomic E-state index is 11.1. The van der Waals surface area contributed by atoms with Gasteiger partial charge in [-0.05, 0) is 22.9 Å². The molecule has 0 bridgehead atoms. The lowest BCUT2D eigenvalue weighted by Crippen LogP contribution is -2.11. The Hall–Kier alpha value is -1.15. The molecule has 0 aromatic carbocycles. The summed E-state index contributed by atoms with van der Waals surface area (Å²) in [6.45, 7) is 3.15. The highest BCUT2D eigenvalue weighted by Crippen LogP contribution is 2.28. The summed E-state index contributed by atoms with van der Waals surface area (Å²) in [7, 11) is 1.33. The first-order chi connectivity index (χ1) is 8.43. The van der Waals surface area contributed by atoms with Crippen LogP contribution >= 0.6 is 27.7 Å². The Balaban J connectivity index is 2.91. The number of nitrogens with one attached hydrogen (secondary N) is 1. The van der Waals surface area contributed by atoms with Crippen molar-refractivity contribution in [3.8, 4) is 0 Å². The van der Waals surface area contributed by atoms with Crippen molar-refractivity contribution < 1.29 is 14.3 Å². The number of halogens is 1. The Kier molecular flexibility index (Phi) is 5.54. The molecule has 98 valence electrons. The van der Waals surface area contributed by atoms with Gasteiger partial charge in [0, 0.05) is 6.92 Å². The van der Waals surface area contributed by atoms with Crippen molar-refractivity contribution in [2.45, 2.75) is 18.9 Å². The fraction of sp³-hybridized carbons (Fsp3) is 0.400. The quantitative estimate of drug-likeness (QED) is 0.513. The molecule has 1 aromatic heterocycles. The normalized spacial score (nSPS) is 10.0. The Morgan fingerprint density at radius 1 is 1.44 bits per heavy atom. The number of hydrogen-bond donors (Lipinski definition) is 1. The minimum absolute atomic E-state index is 0.144. The van der Waals surface area contributed by atoms with Crippen LogP contribution < -0.4 is 5.32 Å². The molecule has 1 N–H and O–H groups in total. The third kappa shape index (κ3) is 4.26. The highest BCUT2D eigenvalue weighted by molar-refractivity contribution is 9.10. The lowest BCUT2D eigenvalue weighted by Gasteiger charge is -2.08. The third-order valence-corrected chi connectivity index (χ3v) is 3.99. The molecule has 0 aliphatic carbocycles. The molecule has 6 nitrogen and oxygen atoms in total. The summed E-state index contributed by atoms with van der Waals surface area (Å²) in [6, 6.07) is 0. The molecule has 8 heteroatoms. The number of esters is 1. The number of aryl methyl sites for hydroxylation is 1. The van der Waals surface area contributed by atoms with Crippen molar-refractivity contribution >= 4 is 45.5 Å². The Bertz CT molecular complexity index is 482. The van der Waals surface area contributed by atoms with Gasteiger partial charge in [-0.2, -0.15) is 0 Å². The van der Waals surface area contributed by atoms with Crippen LogP contribution in [0.15, 0.2) is 9.50 Å². The number of amides is 1. The van der Waals surface area contributed by atoms with Crippen molar-refractivity contribution in [1.82, 2.24) is 9.97 Å². The molecular formula is C10H12BrN3O3S. The molecule has 0 unspecified atom stereocenters. The number of aromatic nitrogens is 2. The van der Waals surface area contributed by atoms with Gasteiger partial charge in [0.15, 0.2) is 0 Å². The van der Waals surface area contributed by atoms with E-state index in [-0.39, 0.29) is 23.6 Å². The van der Waals surface area contributed by atoms with Gasteiger partial charge >= 0.3 is 5.97 Å². The van der Waals surface area contributed by atoms with Crippen LogP contribution in [-0.2, 0) is 14.3 Å². The molecule has 0 radical (unpaired) electrons. The SMILES string of the molecule is COC(=O)CSc1nc(NC(C)=O)nc(C)c1Br. The van der Waals surface area contributed by atoms with Crippen LogP contribution in [0.25, 0.3) is 0 Å². The van der Waals surface area contributed by atoms with Crippen molar-refractivity contribution in [3.05, 3.63) is 10.2 Å². The average Bonchev–Trinajstić information content (AvgIpc) is 2.30. The van der Waals surface area contributed by atoms with E-state index < -0.39 is 0 Å². The monoisotopic (exact) mass is 333 g/mol. The predicted molar refractivity (Wildman–Crippen MR) is 71.5 cm³/mol. The van der Waals surface area contributed by atoms with Crippen molar-refractivity contribution in [2.75, 3.05) is 18.2 Å². The van der Waals surface area contributed by atoms with Gasteiger partial charge in [0.2, 0.25) is 11.9 Å². The van der Waals surface area contributed by atoms with E-state index >= 15 is 0 Å². The van der Waals surface area contributed by atoms with Gasteiger partial charge in [-0.15, -0.1) is 0 Å². The molecule has 0 saturated carbocycles. The number of anilines is 1. The van der Waals surface area contributed by atoms with Crippen molar-refractivity contribution in [2.24, 2.45) is 0 Å². The summed E-state index contributed by atoms with van der Waals surface area (Å²) in [5, 5.41) is 3.08. The molecule has 18 heavy (non-hydrogen) atoms. The number of thioether (sulfide) groups is 1. The van der Waals surface area contributed by atoms with E-state index in [1.165, 1.54) is 25.8 Å². The topological polar surface area (TPSA) is 81.2 Å². The molecule has 0 saturated heterocycles. The second-order valence-electron chi connectivity index (χ2n) is 3.30. The van der Waals surface area contributed by atoms with Crippen LogP contribution in [0.3, 0.4) is 0 Å². The number of ether oxygens (including phenoxy) is 1. The molecule has 1 amide bonds. The molecular weight excluding hydrogens is 322 g/mol. The number of rotatable bonds is 4. The van der Waals surface area contributed by atoms with E-state index in [1.807, 2.05) is 0 Å². The van der Waals surface area contributed by atoms with Gasteiger partial charge in [-0.25, -0.2) is 9.97 Å². The van der Waals surface area contributed by atoms with Gasteiger partial charge in [0.1, 0.15) is 5.03 Å². The minimum Gasteiger partial charge on any atom is -0.468 e. The van der Waals surface area contributed by atoms with E-state index in [0.29, 0.717) is 15.2 Å². The Morgan fingerprint density at radius 2 is 2.11 bits per heavy atom. The summed E-state index contributed by atoms with van der Waals surface area (Å²) in [6.07, 6.45) is 0. The van der Waals surface area contributed by atoms with Crippen LogP contribution in [-0.4, -0.2) is 34.7 Å². The summed E-state index contributed by atoms with van der Waals surface area (Å²) >= 11 is 4.55. The molecule has 0 aliphatic heterocycles. The van der Waals surface area contributed by atoms with E-state index in [0.717, 1.165) is 0 Å². The predicted octanol–water partition coefficient (Wildman–Crippen LogP) is 1.77. The molecule has 1 heterocycles. The lowest BCUT2D eigenvalue weighted by atomic mass is 10.4. The van der Waals surface area contributed by atoms with Crippen LogP contribution in [0.2, 0.25) is 0 Å². The van der Waals surface area contributed by atoms with E-state index in [2.05, 4.69) is 36.0 Å². The standard InChI is InChI=1S/C10H12BrN3O3S/c1-5-8(11)9(18-4-7(16)17-3)14-10(12-5)13-6(2)15/h4H2,1-3H3,(H,12,13,14,15). The highest BCUT2D eigenvalue weighted by atomic mass is 79.9. The van der Waals surface area contributed by atoms with Gasteiger partial charge in [-0.1, -0.05) is 11.8 Å². The summed E-state index contributed by atoms with van der Waals surface area (Å²) < 4.78 is 5.25. The average molecular weight is 334 g/mol. The van der Waals surface area contributed by atoms with Gasteiger partial charge < -0.3 is 4.74 Å². The largest absolute Gasteiger partial charge is 0.468 e. The number of carbonyl (C=O) groups excluding carboxylic acids is 2. The third-order valence-electron chi connectivity index (χ3n) is 1.83. The first-order valence-electron chi connectivity index (χ1n) is 4.95. The minimum atomic E-state index is -0.343. The maximum atomic E-state index is 11.1. The van der Waals surface area contributed by atoms with Crippen molar-refractivity contribution in [1.29, 1.82) is 0 Å².